The number of nitrogens with zero attached hydrogens (tertiary/aromatic N) is 1. The van der Waals surface area contributed by atoms with Gasteiger partial charge in [0.15, 0.2) is 0 Å². The standard InChI is InChI=1S/C24H29ClN4O3S2/c1-24(2,3)29-34(31,32)21-14-18(28-22(30)6-5-13-25)11-12-19(21)20-15-27-23(33-20)16-7-9-17(26-4)10-8-16/h7-12,14-15,26,29H,5-6,13H2,1-4H3,(H,28,30). The summed E-state index contributed by atoms with van der Waals surface area (Å²) in [6.07, 6.45) is 2.48. The third-order valence-electron chi connectivity index (χ3n) is 4.72. The van der Waals surface area contributed by atoms with Crippen LogP contribution >= 0.6 is 22.9 Å². The van der Waals surface area contributed by atoms with Gasteiger partial charge in [-0.2, -0.15) is 0 Å². The Morgan fingerprint density at radius 1 is 1.09 bits per heavy atom. The van der Waals surface area contributed by atoms with Crippen molar-refractivity contribution in [1.29, 1.82) is 0 Å². The van der Waals surface area contributed by atoms with Crippen molar-refractivity contribution in [1.82, 2.24) is 9.71 Å². The predicted octanol–water partition coefficient (Wildman–Crippen LogP) is 5.55. The van der Waals surface area contributed by atoms with Gasteiger partial charge in [-0.1, -0.05) is 6.07 Å². The van der Waals surface area contributed by atoms with E-state index in [0.717, 1.165) is 16.3 Å². The van der Waals surface area contributed by atoms with Crippen molar-refractivity contribution >= 4 is 50.2 Å². The van der Waals surface area contributed by atoms with E-state index in [2.05, 4.69) is 20.3 Å². The number of halogens is 1. The van der Waals surface area contributed by atoms with Crippen LogP contribution in [0.3, 0.4) is 0 Å². The van der Waals surface area contributed by atoms with Crippen molar-refractivity contribution in [3.05, 3.63) is 48.7 Å². The number of benzene rings is 2. The van der Waals surface area contributed by atoms with Crippen molar-refractivity contribution in [2.75, 3.05) is 23.6 Å². The van der Waals surface area contributed by atoms with Crippen LogP contribution in [0.5, 0.6) is 0 Å². The van der Waals surface area contributed by atoms with Crippen LogP contribution in [0.25, 0.3) is 21.0 Å². The summed E-state index contributed by atoms with van der Waals surface area (Å²) in [7, 11) is -2.03. The minimum Gasteiger partial charge on any atom is -0.388 e. The average molecular weight is 521 g/mol. The van der Waals surface area contributed by atoms with Gasteiger partial charge in [-0.05, 0) is 63.6 Å². The van der Waals surface area contributed by atoms with Crippen LogP contribution in [0.1, 0.15) is 33.6 Å². The summed E-state index contributed by atoms with van der Waals surface area (Å²) in [5, 5.41) is 6.63. The van der Waals surface area contributed by atoms with E-state index in [1.165, 1.54) is 17.4 Å². The Bertz CT molecular complexity index is 1250. The second-order valence-corrected chi connectivity index (χ2v) is 11.8. The molecule has 0 aliphatic rings. The molecule has 0 unspecified atom stereocenters. The fraction of sp³-hybridized carbons (Fsp3) is 0.333. The number of carbonyl (C=O) groups is 1. The normalized spacial score (nSPS) is 11.9. The zero-order valence-corrected chi connectivity index (χ0v) is 22.0. The molecule has 3 aromatic rings. The Balaban J connectivity index is 2.02. The van der Waals surface area contributed by atoms with Gasteiger partial charge in [0.25, 0.3) is 0 Å². The molecule has 3 rings (SSSR count). The number of hydrogen-bond donors (Lipinski definition) is 3. The molecule has 2 aromatic carbocycles. The molecule has 0 aliphatic carbocycles. The van der Waals surface area contributed by atoms with Gasteiger partial charge in [0.05, 0.1) is 9.77 Å². The minimum atomic E-state index is -3.89. The molecule has 34 heavy (non-hydrogen) atoms. The average Bonchev–Trinajstić information content (AvgIpc) is 3.26. The lowest BCUT2D eigenvalue weighted by atomic mass is 10.1. The molecule has 10 heteroatoms. The van der Waals surface area contributed by atoms with Crippen molar-refractivity contribution in [3.63, 3.8) is 0 Å². The number of amides is 1. The van der Waals surface area contributed by atoms with Crippen molar-refractivity contribution in [2.24, 2.45) is 0 Å². The monoisotopic (exact) mass is 520 g/mol. The summed E-state index contributed by atoms with van der Waals surface area (Å²) in [5.41, 5.74) is 2.18. The molecule has 182 valence electrons. The second-order valence-electron chi connectivity index (χ2n) is 8.76. The smallest absolute Gasteiger partial charge is 0.241 e. The Hall–Kier alpha value is -2.46. The van der Waals surface area contributed by atoms with Crippen molar-refractivity contribution in [2.45, 2.75) is 44.0 Å². The third kappa shape index (κ3) is 6.79. The summed E-state index contributed by atoms with van der Waals surface area (Å²) >= 11 is 7.08. The molecule has 0 saturated heterocycles. The Kier molecular flexibility index (Phi) is 8.35. The van der Waals surface area contributed by atoms with Crippen molar-refractivity contribution in [3.8, 4) is 21.0 Å². The van der Waals surface area contributed by atoms with E-state index in [9.17, 15) is 13.2 Å². The first-order valence-electron chi connectivity index (χ1n) is 10.8. The van der Waals surface area contributed by atoms with Crippen LogP contribution in [-0.2, 0) is 14.8 Å². The van der Waals surface area contributed by atoms with E-state index in [0.29, 0.717) is 28.4 Å². The minimum absolute atomic E-state index is 0.0818. The number of rotatable bonds is 9. The van der Waals surface area contributed by atoms with Crippen LogP contribution < -0.4 is 15.4 Å². The second kappa shape index (κ2) is 10.9. The van der Waals surface area contributed by atoms with E-state index in [-0.39, 0.29) is 17.2 Å². The molecule has 0 fully saturated rings. The zero-order chi connectivity index (χ0) is 24.9. The third-order valence-corrected chi connectivity index (χ3v) is 7.87. The van der Waals surface area contributed by atoms with Crippen LogP contribution in [0.15, 0.2) is 53.6 Å². The van der Waals surface area contributed by atoms with Gasteiger partial charge in [-0.3, -0.25) is 4.79 Å². The molecule has 3 N–H and O–H groups in total. The fourth-order valence-electron chi connectivity index (χ4n) is 3.25. The highest BCUT2D eigenvalue weighted by Crippen LogP contribution is 2.37. The molecular weight excluding hydrogens is 492 g/mol. The Morgan fingerprint density at radius 3 is 2.38 bits per heavy atom. The maximum atomic E-state index is 13.3. The van der Waals surface area contributed by atoms with E-state index in [4.69, 9.17) is 11.6 Å². The Morgan fingerprint density at radius 2 is 1.76 bits per heavy atom. The summed E-state index contributed by atoms with van der Waals surface area (Å²) in [4.78, 5) is 17.5. The van der Waals surface area contributed by atoms with Crippen molar-refractivity contribution < 1.29 is 13.2 Å². The van der Waals surface area contributed by atoms with Gasteiger partial charge in [0, 0.05) is 53.6 Å². The largest absolute Gasteiger partial charge is 0.388 e. The number of aromatic nitrogens is 1. The van der Waals surface area contributed by atoms with Gasteiger partial charge < -0.3 is 10.6 Å². The number of thiazole rings is 1. The maximum Gasteiger partial charge on any atom is 0.241 e. The lowest BCUT2D eigenvalue weighted by molar-refractivity contribution is -0.116. The molecule has 7 nitrogen and oxygen atoms in total. The summed E-state index contributed by atoms with van der Waals surface area (Å²) in [5.74, 6) is 0.165. The molecule has 1 amide bonds. The number of carbonyl (C=O) groups excluding carboxylic acids is 1. The van der Waals surface area contributed by atoms with Gasteiger partial charge in [0.2, 0.25) is 15.9 Å². The molecule has 1 aromatic heterocycles. The molecule has 0 bridgehead atoms. The van der Waals surface area contributed by atoms with E-state index >= 15 is 0 Å². The van der Waals surface area contributed by atoms with Gasteiger partial charge in [0.1, 0.15) is 5.01 Å². The number of sulfonamides is 1. The first-order chi connectivity index (χ1) is 16.0. The van der Waals surface area contributed by atoms with Gasteiger partial charge in [-0.25, -0.2) is 18.1 Å². The van der Waals surface area contributed by atoms with E-state index in [1.54, 1.807) is 39.1 Å². The number of anilines is 2. The van der Waals surface area contributed by atoms with Crippen LogP contribution in [-0.4, -0.2) is 37.8 Å². The summed E-state index contributed by atoms with van der Waals surface area (Å²) in [6, 6.07) is 12.7. The molecule has 0 saturated carbocycles. The lowest BCUT2D eigenvalue weighted by Gasteiger charge is -2.22. The molecule has 1 heterocycles. The highest BCUT2D eigenvalue weighted by molar-refractivity contribution is 7.89. The topological polar surface area (TPSA) is 100 Å². The van der Waals surface area contributed by atoms with Gasteiger partial charge in [-0.15, -0.1) is 22.9 Å². The molecular formula is C24H29ClN4O3S2. The first kappa shape index (κ1) is 26.2. The summed E-state index contributed by atoms with van der Waals surface area (Å²) < 4.78 is 29.4. The quantitative estimate of drug-likeness (QED) is 0.321. The van der Waals surface area contributed by atoms with E-state index in [1.807, 2.05) is 31.3 Å². The fourth-order valence-corrected chi connectivity index (χ4v) is 6.07. The predicted molar refractivity (Wildman–Crippen MR) is 141 cm³/mol. The highest BCUT2D eigenvalue weighted by atomic mass is 35.5. The van der Waals surface area contributed by atoms with Crippen LogP contribution in [0, 0.1) is 0 Å². The molecule has 0 spiro atoms. The molecule has 0 atom stereocenters. The zero-order valence-electron chi connectivity index (χ0n) is 19.6. The van der Waals surface area contributed by atoms with Crippen LogP contribution in [0.4, 0.5) is 11.4 Å². The van der Waals surface area contributed by atoms with Gasteiger partial charge >= 0.3 is 0 Å². The number of hydrogen-bond acceptors (Lipinski definition) is 6. The van der Waals surface area contributed by atoms with Crippen LogP contribution in [0.2, 0.25) is 0 Å². The first-order valence-corrected chi connectivity index (χ1v) is 13.6. The number of nitrogens with one attached hydrogen (secondary N) is 3. The maximum absolute atomic E-state index is 13.3. The highest BCUT2D eigenvalue weighted by Gasteiger charge is 2.26. The molecule has 0 aliphatic heterocycles. The SMILES string of the molecule is CNc1ccc(-c2ncc(-c3ccc(NC(=O)CCCCl)cc3S(=O)(=O)NC(C)(C)C)s2)cc1. The summed E-state index contributed by atoms with van der Waals surface area (Å²) in [6.45, 7) is 5.34. The van der Waals surface area contributed by atoms with E-state index < -0.39 is 15.6 Å². The lowest BCUT2D eigenvalue weighted by Crippen LogP contribution is -2.40. The number of alkyl halides is 1. The molecule has 0 radical (unpaired) electrons. The Labute approximate surface area is 210 Å².